The molecule has 2 heterocycles. The Bertz CT molecular complexity index is 1410. The highest BCUT2D eigenvalue weighted by atomic mass is 32.1. The standard InChI is InChI=1S/C26H26N2O4S/c1-15(2)17-10-12-18(13-11-17)23-22(25(30)32-5)16(3)27-26-28(23)24(29)21(33-26)14-19-8-6-7-9-20(19)31-4/h6-15,23H,1-5H3/b21-14-/t23-/m0/s1. The van der Waals surface area contributed by atoms with E-state index in [1.54, 1.807) is 24.7 Å². The van der Waals surface area contributed by atoms with Gasteiger partial charge < -0.3 is 9.47 Å². The minimum absolute atomic E-state index is 0.212. The van der Waals surface area contributed by atoms with E-state index in [2.05, 4.69) is 18.8 Å². The summed E-state index contributed by atoms with van der Waals surface area (Å²) in [5.74, 6) is 0.558. The van der Waals surface area contributed by atoms with Crippen LogP contribution in [0.15, 0.2) is 69.6 Å². The molecule has 1 aliphatic heterocycles. The quantitative estimate of drug-likeness (QED) is 0.544. The summed E-state index contributed by atoms with van der Waals surface area (Å²) in [5.41, 5.74) is 3.51. The van der Waals surface area contributed by atoms with Crippen molar-refractivity contribution in [2.45, 2.75) is 32.7 Å². The van der Waals surface area contributed by atoms with Crippen molar-refractivity contribution in [2.24, 2.45) is 4.99 Å². The minimum Gasteiger partial charge on any atom is -0.496 e. The zero-order chi connectivity index (χ0) is 23.7. The first kappa shape index (κ1) is 22.7. The molecule has 1 aliphatic rings. The van der Waals surface area contributed by atoms with Crippen LogP contribution in [-0.4, -0.2) is 24.8 Å². The Morgan fingerprint density at radius 1 is 1.12 bits per heavy atom. The number of allylic oxidation sites excluding steroid dienone is 1. The maximum absolute atomic E-state index is 13.6. The fraction of sp³-hybridized carbons (Fsp3) is 0.269. The molecule has 0 radical (unpaired) electrons. The SMILES string of the molecule is COC(=O)C1=C(C)N=c2s/c(=C\c3ccccc3OC)c(=O)n2[C@H]1c1ccc(C(C)C)cc1. The van der Waals surface area contributed by atoms with Crippen LogP contribution < -0.4 is 19.6 Å². The lowest BCUT2D eigenvalue weighted by Gasteiger charge is -2.24. The van der Waals surface area contributed by atoms with Crippen molar-refractivity contribution in [3.63, 3.8) is 0 Å². The lowest BCUT2D eigenvalue weighted by molar-refractivity contribution is -0.136. The van der Waals surface area contributed by atoms with Crippen LogP contribution in [0.3, 0.4) is 0 Å². The van der Waals surface area contributed by atoms with E-state index in [0.717, 1.165) is 11.1 Å². The molecule has 33 heavy (non-hydrogen) atoms. The maximum Gasteiger partial charge on any atom is 0.338 e. The van der Waals surface area contributed by atoms with E-state index in [1.807, 2.05) is 48.5 Å². The van der Waals surface area contributed by atoms with Crippen LogP contribution in [-0.2, 0) is 9.53 Å². The first-order chi connectivity index (χ1) is 15.8. The van der Waals surface area contributed by atoms with E-state index in [4.69, 9.17) is 9.47 Å². The van der Waals surface area contributed by atoms with Gasteiger partial charge in [0, 0.05) is 5.56 Å². The normalized spacial score (nSPS) is 15.9. The molecule has 6 nitrogen and oxygen atoms in total. The number of fused-ring (bicyclic) bond motifs is 1. The van der Waals surface area contributed by atoms with E-state index in [9.17, 15) is 9.59 Å². The number of methoxy groups -OCH3 is 2. The summed E-state index contributed by atoms with van der Waals surface area (Å²) in [4.78, 5) is 31.5. The van der Waals surface area contributed by atoms with Crippen molar-refractivity contribution in [2.75, 3.05) is 14.2 Å². The third-order valence-electron chi connectivity index (χ3n) is 5.77. The van der Waals surface area contributed by atoms with E-state index >= 15 is 0 Å². The van der Waals surface area contributed by atoms with Crippen molar-refractivity contribution in [1.82, 2.24) is 4.57 Å². The number of ether oxygens (including phenoxy) is 2. The zero-order valence-corrected chi connectivity index (χ0v) is 20.1. The minimum atomic E-state index is -0.616. The van der Waals surface area contributed by atoms with E-state index in [-0.39, 0.29) is 5.56 Å². The van der Waals surface area contributed by atoms with Crippen LogP contribution in [0.4, 0.5) is 0 Å². The number of para-hydroxylation sites is 1. The summed E-state index contributed by atoms with van der Waals surface area (Å²) in [6.45, 7) is 6.03. The summed E-state index contributed by atoms with van der Waals surface area (Å²) < 4.78 is 12.6. The van der Waals surface area contributed by atoms with Gasteiger partial charge in [0.15, 0.2) is 4.80 Å². The molecule has 1 atom stereocenters. The Morgan fingerprint density at radius 3 is 2.45 bits per heavy atom. The van der Waals surface area contributed by atoms with Crippen molar-refractivity contribution in [3.8, 4) is 5.75 Å². The van der Waals surface area contributed by atoms with Crippen LogP contribution in [0.5, 0.6) is 5.75 Å². The first-order valence-electron chi connectivity index (χ1n) is 10.7. The lowest BCUT2D eigenvalue weighted by Crippen LogP contribution is -2.39. The molecule has 0 amide bonds. The molecule has 0 aliphatic carbocycles. The molecule has 0 saturated carbocycles. The fourth-order valence-corrected chi connectivity index (χ4v) is 5.04. The van der Waals surface area contributed by atoms with Crippen LogP contribution in [0.25, 0.3) is 6.08 Å². The molecule has 1 aromatic heterocycles. The molecular formula is C26H26N2O4S. The van der Waals surface area contributed by atoms with Gasteiger partial charge in [-0.1, -0.05) is 67.6 Å². The number of nitrogens with zero attached hydrogens (tertiary/aromatic N) is 2. The van der Waals surface area contributed by atoms with Crippen molar-refractivity contribution >= 4 is 23.4 Å². The van der Waals surface area contributed by atoms with E-state index in [0.29, 0.717) is 32.3 Å². The molecule has 170 valence electrons. The summed E-state index contributed by atoms with van der Waals surface area (Å²) >= 11 is 1.29. The molecular weight excluding hydrogens is 436 g/mol. The average Bonchev–Trinajstić information content (AvgIpc) is 3.12. The Labute approximate surface area is 196 Å². The fourth-order valence-electron chi connectivity index (χ4n) is 4.00. The second-order valence-electron chi connectivity index (χ2n) is 8.14. The predicted molar refractivity (Wildman–Crippen MR) is 129 cm³/mol. The van der Waals surface area contributed by atoms with Crippen molar-refractivity contribution in [3.05, 3.63) is 96.2 Å². The molecule has 4 rings (SSSR count). The second kappa shape index (κ2) is 9.19. The second-order valence-corrected chi connectivity index (χ2v) is 9.15. The van der Waals surface area contributed by atoms with Gasteiger partial charge in [-0.2, -0.15) is 0 Å². The molecule has 0 N–H and O–H groups in total. The monoisotopic (exact) mass is 462 g/mol. The van der Waals surface area contributed by atoms with E-state index < -0.39 is 12.0 Å². The number of thiazole rings is 1. The zero-order valence-electron chi connectivity index (χ0n) is 19.3. The van der Waals surface area contributed by atoms with Gasteiger partial charge in [-0.15, -0.1) is 0 Å². The van der Waals surface area contributed by atoms with Gasteiger partial charge in [0.2, 0.25) is 0 Å². The Kier molecular flexibility index (Phi) is 6.33. The van der Waals surface area contributed by atoms with Crippen LogP contribution in [0.1, 0.15) is 49.4 Å². The number of carbonyl (C=O) groups is 1. The average molecular weight is 463 g/mol. The van der Waals surface area contributed by atoms with Gasteiger partial charge in [0.25, 0.3) is 5.56 Å². The molecule has 2 aromatic carbocycles. The third kappa shape index (κ3) is 4.16. The summed E-state index contributed by atoms with van der Waals surface area (Å²) in [6.07, 6.45) is 1.80. The molecule has 0 unspecified atom stereocenters. The predicted octanol–water partition coefficient (Wildman–Crippen LogP) is 3.54. The van der Waals surface area contributed by atoms with Crippen molar-refractivity contribution < 1.29 is 14.3 Å². The highest BCUT2D eigenvalue weighted by molar-refractivity contribution is 7.07. The number of rotatable bonds is 5. The Hall–Kier alpha value is -3.45. The Morgan fingerprint density at radius 2 is 1.82 bits per heavy atom. The smallest absolute Gasteiger partial charge is 0.338 e. The largest absolute Gasteiger partial charge is 0.496 e. The topological polar surface area (TPSA) is 69.9 Å². The van der Waals surface area contributed by atoms with Gasteiger partial charge in [0.1, 0.15) is 5.75 Å². The number of carbonyl (C=O) groups excluding carboxylic acids is 1. The maximum atomic E-state index is 13.6. The number of esters is 1. The van der Waals surface area contributed by atoms with Crippen LogP contribution >= 0.6 is 11.3 Å². The number of benzene rings is 2. The summed E-state index contributed by atoms with van der Waals surface area (Å²) in [6, 6.07) is 14.9. The molecule has 0 fully saturated rings. The molecule has 0 spiro atoms. The highest BCUT2D eigenvalue weighted by Crippen LogP contribution is 2.31. The van der Waals surface area contributed by atoms with Crippen LogP contribution in [0.2, 0.25) is 0 Å². The molecule has 3 aromatic rings. The van der Waals surface area contributed by atoms with Crippen LogP contribution in [0, 0.1) is 0 Å². The summed E-state index contributed by atoms with van der Waals surface area (Å²) in [7, 11) is 2.94. The molecule has 0 bridgehead atoms. The highest BCUT2D eigenvalue weighted by Gasteiger charge is 2.33. The number of hydrogen-bond acceptors (Lipinski definition) is 6. The Balaban J connectivity index is 1.96. The lowest BCUT2D eigenvalue weighted by atomic mass is 9.93. The van der Waals surface area contributed by atoms with E-state index in [1.165, 1.54) is 24.0 Å². The number of aromatic nitrogens is 1. The molecule has 7 heteroatoms. The van der Waals surface area contributed by atoms with Gasteiger partial charge >= 0.3 is 5.97 Å². The van der Waals surface area contributed by atoms with Gasteiger partial charge in [-0.05, 0) is 36.1 Å². The van der Waals surface area contributed by atoms with Gasteiger partial charge in [-0.3, -0.25) is 9.36 Å². The van der Waals surface area contributed by atoms with Crippen molar-refractivity contribution in [1.29, 1.82) is 0 Å². The van der Waals surface area contributed by atoms with Gasteiger partial charge in [0.05, 0.1) is 36.1 Å². The third-order valence-corrected chi connectivity index (χ3v) is 6.75. The first-order valence-corrected chi connectivity index (χ1v) is 11.5. The molecule has 0 saturated heterocycles. The number of hydrogen-bond donors (Lipinski definition) is 0. The summed E-state index contributed by atoms with van der Waals surface area (Å²) in [5, 5.41) is 0. The van der Waals surface area contributed by atoms with Gasteiger partial charge in [-0.25, -0.2) is 9.79 Å².